The monoisotopic (exact) mass is 709 g/mol. The largest absolute Gasteiger partial charge is 0.456 e. The molecule has 0 saturated carbocycles. The van der Waals surface area contributed by atoms with Gasteiger partial charge in [0.2, 0.25) is 0 Å². The molecule has 264 valence electrons. The van der Waals surface area contributed by atoms with Crippen molar-refractivity contribution >= 4 is 33.6 Å². The number of benzene rings is 8. The van der Waals surface area contributed by atoms with Crippen LogP contribution in [0.15, 0.2) is 210 Å². The van der Waals surface area contributed by atoms with E-state index in [2.05, 4.69) is 133 Å². The molecular weight excluding hydrogens is 671 g/mol. The Kier molecular flexibility index (Phi) is 9.95. The molecule has 1 heterocycles. The summed E-state index contributed by atoms with van der Waals surface area (Å²) >= 11 is 0. The number of nitrogens with one attached hydrogen (secondary N) is 1. The van der Waals surface area contributed by atoms with Crippen molar-refractivity contribution in [2.24, 2.45) is 10.7 Å². The molecule has 0 fully saturated rings. The first-order chi connectivity index (χ1) is 27.0. The smallest absolute Gasteiger partial charge is 0.154 e. The van der Waals surface area contributed by atoms with Crippen LogP contribution in [0.5, 0.6) is 0 Å². The zero-order valence-corrected chi connectivity index (χ0v) is 30.5. The number of hydrogen-bond donors (Lipinski definition) is 2. The van der Waals surface area contributed by atoms with Gasteiger partial charge in [0.1, 0.15) is 17.0 Å². The first-order valence-corrected chi connectivity index (χ1v) is 18.3. The second-order valence-electron chi connectivity index (χ2n) is 13.4. The lowest BCUT2D eigenvalue weighted by molar-refractivity contribution is 0.669. The summed E-state index contributed by atoms with van der Waals surface area (Å²) in [6, 6.07) is 68.0. The van der Waals surface area contributed by atoms with Crippen LogP contribution < -0.4 is 5.73 Å². The highest BCUT2D eigenvalue weighted by Crippen LogP contribution is 2.42. The predicted molar refractivity (Wildman–Crippen MR) is 231 cm³/mol. The SMILES string of the molecule is Cc1ccccc1.N=C(N=C(N)c1cccc(-c2cccc3oc4ccc(-c5ccccc5-c5ccccc5-c5ccccc5)cc4c23)c1)c1ccccc1. The first-order valence-electron chi connectivity index (χ1n) is 18.3. The number of nitrogens with two attached hydrogens (primary N) is 1. The minimum atomic E-state index is 0.126. The van der Waals surface area contributed by atoms with Crippen molar-refractivity contribution in [1.29, 1.82) is 5.41 Å². The summed E-state index contributed by atoms with van der Waals surface area (Å²) in [4.78, 5) is 4.42. The molecule has 0 amide bonds. The van der Waals surface area contributed by atoms with E-state index in [1.165, 1.54) is 27.8 Å². The van der Waals surface area contributed by atoms with Gasteiger partial charge < -0.3 is 10.2 Å². The number of amidine groups is 2. The molecule has 0 spiro atoms. The fraction of sp³-hybridized carbons (Fsp3) is 0.0196. The summed E-state index contributed by atoms with van der Waals surface area (Å²) in [5, 5.41) is 10.5. The summed E-state index contributed by atoms with van der Waals surface area (Å²) in [5.74, 6) is 0.422. The quantitative estimate of drug-likeness (QED) is 0.133. The van der Waals surface area contributed by atoms with Gasteiger partial charge in [0, 0.05) is 21.9 Å². The molecule has 0 bridgehead atoms. The van der Waals surface area contributed by atoms with Crippen LogP contribution in [0.3, 0.4) is 0 Å². The van der Waals surface area contributed by atoms with Gasteiger partial charge in [-0.3, -0.25) is 5.41 Å². The summed E-state index contributed by atoms with van der Waals surface area (Å²) in [6.45, 7) is 2.08. The molecule has 0 unspecified atom stereocenters. The second kappa shape index (κ2) is 15.7. The molecule has 55 heavy (non-hydrogen) atoms. The van der Waals surface area contributed by atoms with Gasteiger partial charge in [0.25, 0.3) is 0 Å². The molecule has 0 saturated heterocycles. The van der Waals surface area contributed by atoms with Crippen LogP contribution in [0, 0.1) is 12.3 Å². The van der Waals surface area contributed by atoms with E-state index in [1.54, 1.807) is 0 Å². The number of fused-ring (bicyclic) bond motifs is 3. The Morgan fingerprint density at radius 3 is 1.62 bits per heavy atom. The summed E-state index contributed by atoms with van der Waals surface area (Å²) in [5.41, 5.74) is 19.9. The van der Waals surface area contributed by atoms with Crippen molar-refractivity contribution in [2.75, 3.05) is 0 Å². The first kappa shape index (κ1) is 34.8. The molecule has 4 heteroatoms. The Bertz CT molecular complexity index is 2780. The predicted octanol–water partition coefficient (Wildman–Crippen LogP) is 13.0. The maximum Gasteiger partial charge on any atom is 0.154 e. The average Bonchev–Trinajstić information content (AvgIpc) is 3.63. The minimum Gasteiger partial charge on any atom is -0.456 e. The molecule has 8 aromatic carbocycles. The van der Waals surface area contributed by atoms with E-state index in [1.807, 2.05) is 78.9 Å². The Balaban J connectivity index is 0.000000551. The van der Waals surface area contributed by atoms with Crippen molar-refractivity contribution in [3.05, 3.63) is 217 Å². The summed E-state index contributed by atoms with van der Waals surface area (Å²) in [6.07, 6.45) is 0. The van der Waals surface area contributed by atoms with E-state index in [-0.39, 0.29) is 5.84 Å². The van der Waals surface area contributed by atoms with Gasteiger partial charge in [-0.05, 0) is 75.7 Å². The van der Waals surface area contributed by atoms with E-state index >= 15 is 0 Å². The molecule has 0 aliphatic rings. The zero-order valence-electron chi connectivity index (χ0n) is 30.5. The van der Waals surface area contributed by atoms with Gasteiger partial charge in [-0.2, -0.15) is 0 Å². The lowest BCUT2D eigenvalue weighted by atomic mass is 9.89. The van der Waals surface area contributed by atoms with Crippen LogP contribution in [-0.4, -0.2) is 11.7 Å². The highest BCUT2D eigenvalue weighted by molar-refractivity contribution is 6.14. The molecule has 9 rings (SSSR count). The van der Waals surface area contributed by atoms with Crippen LogP contribution in [0.25, 0.3) is 66.4 Å². The van der Waals surface area contributed by atoms with Gasteiger partial charge in [0.15, 0.2) is 5.84 Å². The molecule has 0 aliphatic heterocycles. The van der Waals surface area contributed by atoms with E-state index < -0.39 is 0 Å². The average molecular weight is 710 g/mol. The van der Waals surface area contributed by atoms with Crippen molar-refractivity contribution < 1.29 is 4.42 Å². The third-order valence-electron chi connectivity index (χ3n) is 9.72. The van der Waals surface area contributed by atoms with Crippen LogP contribution in [-0.2, 0) is 0 Å². The molecule has 0 aliphatic carbocycles. The standard InChI is InChI=1S/C44H31N3O.C7H8/c45-43(30-15-5-2-6-16-30)47-44(46)33-18-11-17-31(27-33)36-23-12-24-41-42(36)39-28-32(25-26-40(39)48-41)35-20-8-10-22-38(35)37-21-9-7-19-34(37)29-13-3-1-4-14-29;1-7-5-3-2-4-6-7/h1-28H,(H3,45,46,47);2-6H,1H3. The maximum absolute atomic E-state index is 8.44. The van der Waals surface area contributed by atoms with Crippen molar-refractivity contribution in [1.82, 2.24) is 0 Å². The fourth-order valence-corrected chi connectivity index (χ4v) is 7.02. The van der Waals surface area contributed by atoms with Gasteiger partial charge >= 0.3 is 0 Å². The second-order valence-corrected chi connectivity index (χ2v) is 13.4. The Labute approximate surface area is 321 Å². The summed E-state index contributed by atoms with van der Waals surface area (Å²) in [7, 11) is 0. The van der Waals surface area contributed by atoms with Gasteiger partial charge in [-0.15, -0.1) is 0 Å². The lowest BCUT2D eigenvalue weighted by Crippen LogP contribution is -2.16. The Hall–Kier alpha value is -7.30. The zero-order chi connectivity index (χ0) is 37.6. The van der Waals surface area contributed by atoms with E-state index in [9.17, 15) is 0 Å². The highest BCUT2D eigenvalue weighted by Gasteiger charge is 2.17. The molecule has 0 radical (unpaired) electrons. The molecule has 0 atom stereocenters. The third kappa shape index (κ3) is 7.48. The van der Waals surface area contributed by atoms with Gasteiger partial charge in [-0.25, -0.2) is 4.99 Å². The number of furan rings is 1. The topological polar surface area (TPSA) is 75.4 Å². The Morgan fingerprint density at radius 1 is 0.455 bits per heavy atom. The summed E-state index contributed by atoms with van der Waals surface area (Å²) < 4.78 is 6.40. The van der Waals surface area contributed by atoms with Crippen LogP contribution in [0.4, 0.5) is 0 Å². The lowest BCUT2D eigenvalue weighted by Gasteiger charge is -2.15. The van der Waals surface area contributed by atoms with E-state index in [0.29, 0.717) is 11.4 Å². The van der Waals surface area contributed by atoms with E-state index in [4.69, 9.17) is 15.6 Å². The highest BCUT2D eigenvalue weighted by atomic mass is 16.3. The molecule has 3 N–H and O–H groups in total. The third-order valence-corrected chi connectivity index (χ3v) is 9.72. The van der Waals surface area contributed by atoms with E-state index in [0.717, 1.165) is 49.8 Å². The number of nitrogens with zero attached hydrogens (tertiary/aromatic N) is 1. The van der Waals surface area contributed by atoms with Gasteiger partial charge in [0.05, 0.1) is 0 Å². The molecule has 9 aromatic rings. The normalized spacial score (nSPS) is 11.3. The van der Waals surface area contributed by atoms with Crippen molar-refractivity contribution in [2.45, 2.75) is 6.92 Å². The van der Waals surface area contributed by atoms with Crippen LogP contribution in [0.1, 0.15) is 16.7 Å². The Morgan fingerprint density at radius 2 is 0.964 bits per heavy atom. The number of rotatable bonds is 6. The van der Waals surface area contributed by atoms with Gasteiger partial charge in [-0.1, -0.05) is 181 Å². The number of hydrogen-bond acceptors (Lipinski definition) is 2. The molecule has 1 aromatic heterocycles. The van der Waals surface area contributed by atoms with Crippen molar-refractivity contribution in [3.8, 4) is 44.5 Å². The van der Waals surface area contributed by atoms with Crippen LogP contribution in [0.2, 0.25) is 0 Å². The molecular formula is C51H39N3O. The number of aliphatic imine (C=N–C) groups is 1. The van der Waals surface area contributed by atoms with Crippen molar-refractivity contribution in [3.63, 3.8) is 0 Å². The van der Waals surface area contributed by atoms with Crippen LogP contribution >= 0.6 is 0 Å². The number of aryl methyl sites for hydroxylation is 1. The minimum absolute atomic E-state index is 0.126. The molecule has 4 nitrogen and oxygen atoms in total. The fourth-order valence-electron chi connectivity index (χ4n) is 7.02. The maximum atomic E-state index is 8.44.